The minimum Gasteiger partial charge on any atom is -0.497 e. The summed E-state index contributed by atoms with van der Waals surface area (Å²) in [7, 11) is 5.25. The van der Waals surface area contributed by atoms with Crippen LogP contribution in [-0.4, -0.2) is 47.2 Å². The Morgan fingerprint density at radius 2 is 2.19 bits per heavy atom. The molecular weight excluding hydrogens is 270 g/mol. The van der Waals surface area contributed by atoms with Crippen molar-refractivity contribution in [1.29, 1.82) is 0 Å². The maximum atomic E-state index is 5.81. The third kappa shape index (κ3) is 4.33. The van der Waals surface area contributed by atoms with Gasteiger partial charge in [-0.05, 0) is 38.1 Å². The van der Waals surface area contributed by atoms with Gasteiger partial charge in [-0.3, -0.25) is 0 Å². The molecule has 0 spiro atoms. The molecule has 0 radical (unpaired) electrons. The second-order valence-electron chi connectivity index (χ2n) is 5.12. The van der Waals surface area contributed by atoms with E-state index in [0.717, 1.165) is 36.5 Å². The number of ether oxygens (including phenoxy) is 4. The second-order valence-corrected chi connectivity index (χ2v) is 5.12. The summed E-state index contributed by atoms with van der Waals surface area (Å²) in [5, 5.41) is 3.27. The molecule has 21 heavy (non-hydrogen) atoms. The van der Waals surface area contributed by atoms with E-state index in [1.54, 1.807) is 14.2 Å². The zero-order valence-electron chi connectivity index (χ0n) is 13.1. The van der Waals surface area contributed by atoms with E-state index in [1.165, 1.54) is 0 Å². The van der Waals surface area contributed by atoms with Crippen LogP contribution in [0.4, 0.5) is 0 Å². The molecule has 118 valence electrons. The Bertz CT molecular complexity index is 432. The van der Waals surface area contributed by atoms with Crippen molar-refractivity contribution in [2.75, 3.05) is 41.1 Å². The van der Waals surface area contributed by atoms with Crippen molar-refractivity contribution in [2.24, 2.45) is 0 Å². The predicted octanol–water partition coefficient (Wildman–Crippen LogP) is 2.16. The first-order chi connectivity index (χ1) is 10.3. The number of nitrogens with one attached hydrogen (secondary N) is 1. The summed E-state index contributed by atoms with van der Waals surface area (Å²) in [6.07, 6.45) is 2.47. The number of rotatable bonds is 8. The van der Waals surface area contributed by atoms with Crippen LogP contribution < -0.4 is 14.8 Å². The Labute approximate surface area is 126 Å². The smallest absolute Gasteiger partial charge is 0.123 e. The van der Waals surface area contributed by atoms with E-state index in [0.29, 0.717) is 13.2 Å². The van der Waals surface area contributed by atoms with Gasteiger partial charge in [-0.15, -0.1) is 0 Å². The molecule has 0 aliphatic carbocycles. The molecule has 5 nitrogen and oxygen atoms in total. The van der Waals surface area contributed by atoms with Gasteiger partial charge in [0.2, 0.25) is 0 Å². The van der Waals surface area contributed by atoms with Crippen LogP contribution in [-0.2, 0) is 9.47 Å². The van der Waals surface area contributed by atoms with Crippen LogP contribution in [0.5, 0.6) is 11.5 Å². The van der Waals surface area contributed by atoms with Gasteiger partial charge in [-0.1, -0.05) is 0 Å². The van der Waals surface area contributed by atoms with Crippen molar-refractivity contribution in [1.82, 2.24) is 5.32 Å². The first kappa shape index (κ1) is 16.1. The van der Waals surface area contributed by atoms with Crippen LogP contribution in [0.2, 0.25) is 0 Å². The van der Waals surface area contributed by atoms with E-state index in [2.05, 4.69) is 5.32 Å². The lowest BCUT2D eigenvalue weighted by molar-refractivity contribution is 0.0104. The fourth-order valence-corrected chi connectivity index (χ4v) is 2.53. The molecule has 1 N–H and O–H groups in total. The maximum Gasteiger partial charge on any atom is 0.123 e. The summed E-state index contributed by atoms with van der Waals surface area (Å²) in [4.78, 5) is 0. The molecule has 0 saturated carbocycles. The molecule has 1 aliphatic rings. The van der Waals surface area contributed by atoms with E-state index in [-0.39, 0.29) is 12.1 Å². The lowest BCUT2D eigenvalue weighted by atomic mass is 10.1. The van der Waals surface area contributed by atoms with Crippen LogP contribution in [0, 0.1) is 0 Å². The largest absolute Gasteiger partial charge is 0.497 e. The first-order valence-corrected chi connectivity index (χ1v) is 7.37. The van der Waals surface area contributed by atoms with Gasteiger partial charge in [0.25, 0.3) is 0 Å². The van der Waals surface area contributed by atoms with Gasteiger partial charge in [0, 0.05) is 12.2 Å². The average Bonchev–Trinajstić information content (AvgIpc) is 3.04. The molecule has 2 unspecified atom stereocenters. The van der Waals surface area contributed by atoms with Crippen molar-refractivity contribution in [3.63, 3.8) is 0 Å². The van der Waals surface area contributed by atoms with Gasteiger partial charge < -0.3 is 24.3 Å². The van der Waals surface area contributed by atoms with E-state index in [1.807, 2.05) is 25.2 Å². The van der Waals surface area contributed by atoms with Crippen molar-refractivity contribution in [3.05, 3.63) is 23.8 Å². The minimum atomic E-state index is 0.0523. The highest BCUT2D eigenvalue weighted by Gasteiger charge is 2.19. The number of benzene rings is 1. The molecule has 1 heterocycles. The molecule has 1 aliphatic heterocycles. The summed E-state index contributed by atoms with van der Waals surface area (Å²) in [5.74, 6) is 1.64. The van der Waals surface area contributed by atoms with Crippen LogP contribution in [0.25, 0.3) is 0 Å². The molecule has 0 aromatic heterocycles. The Morgan fingerprint density at radius 1 is 1.33 bits per heavy atom. The molecule has 1 fully saturated rings. The van der Waals surface area contributed by atoms with Gasteiger partial charge in [0.15, 0.2) is 0 Å². The van der Waals surface area contributed by atoms with Crippen molar-refractivity contribution in [3.8, 4) is 11.5 Å². The third-order valence-electron chi connectivity index (χ3n) is 3.77. The van der Waals surface area contributed by atoms with Gasteiger partial charge in [0.05, 0.1) is 39.6 Å². The lowest BCUT2D eigenvalue weighted by Gasteiger charge is -2.21. The summed E-state index contributed by atoms with van der Waals surface area (Å²) in [5.41, 5.74) is 1.03. The number of methoxy groups -OCH3 is 2. The lowest BCUT2D eigenvalue weighted by Crippen LogP contribution is -2.25. The average molecular weight is 295 g/mol. The van der Waals surface area contributed by atoms with Crippen LogP contribution in [0.15, 0.2) is 18.2 Å². The van der Waals surface area contributed by atoms with E-state index in [4.69, 9.17) is 18.9 Å². The monoisotopic (exact) mass is 295 g/mol. The Balaban J connectivity index is 1.98. The predicted molar refractivity (Wildman–Crippen MR) is 81.1 cm³/mol. The SMILES string of the molecule is CNC(COCC1CCCO1)c1cc(OC)ccc1OC. The molecule has 2 rings (SSSR count). The molecule has 5 heteroatoms. The highest BCUT2D eigenvalue weighted by molar-refractivity contribution is 5.42. The third-order valence-corrected chi connectivity index (χ3v) is 3.77. The standard InChI is InChI=1S/C16H25NO4/c1-17-15(11-20-10-13-5-4-8-21-13)14-9-12(18-2)6-7-16(14)19-3/h6-7,9,13,15,17H,4-5,8,10-11H2,1-3H3. The summed E-state index contributed by atoms with van der Waals surface area (Å²) in [6.45, 7) is 2.07. The van der Waals surface area contributed by atoms with Crippen LogP contribution in [0.1, 0.15) is 24.4 Å². The van der Waals surface area contributed by atoms with Crippen molar-refractivity contribution >= 4 is 0 Å². The number of likely N-dealkylation sites (N-methyl/N-ethyl adjacent to an activating group) is 1. The normalized spacial score (nSPS) is 19.5. The van der Waals surface area contributed by atoms with E-state index >= 15 is 0 Å². The Morgan fingerprint density at radius 3 is 2.81 bits per heavy atom. The van der Waals surface area contributed by atoms with Gasteiger partial charge in [-0.2, -0.15) is 0 Å². The van der Waals surface area contributed by atoms with Crippen LogP contribution >= 0.6 is 0 Å². The highest BCUT2D eigenvalue weighted by Crippen LogP contribution is 2.29. The fourth-order valence-electron chi connectivity index (χ4n) is 2.53. The first-order valence-electron chi connectivity index (χ1n) is 7.37. The van der Waals surface area contributed by atoms with Crippen LogP contribution in [0.3, 0.4) is 0 Å². The quantitative estimate of drug-likeness (QED) is 0.796. The Kier molecular flexibility index (Phi) is 6.29. The molecule has 1 saturated heterocycles. The minimum absolute atomic E-state index is 0.0523. The van der Waals surface area contributed by atoms with Crippen molar-refractivity contribution in [2.45, 2.75) is 25.0 Å². The fraction of sp³-hybridized carbons (Fsp3) is 0.625. The maximum absolute atomic E-state index is 5.81. The number of hydrogen-bond donors (Lipinski definition) is 1. The molecule has 1 aromatic carbocycles. The molecule has 0 bridgehead atoms. The highest BCUT2D eigenvalue weighted by atomic mass is 16.5. The van der Waals surface area contributed by atoms with Gasteiger partial charge in [0.1, 0.15) is 11.5 Å². The second kappa shape index (κ2) is 8.22. The summed E-state index contributed by atoms with van der Waals surface area (Å²) in [6, 6.07) is 5.84. The summed E-state index contributed by atoms with van der Waals surface area (Å²) >= 11 is 0. The Hall–Kier alpha value is -1.30. The van der Waals surface area contributed by atoms with E-state index in [9.17, 15) is 0 Å². The molecule has 2 atom stereocenters. The molecule has 1 aromatic rings. The zero-order chi connectivity index (χ0) is 15.1. The van der Waals surface area contributed by atoms with Gasteiger partial charge >= 0.3 is 0 Å². The van der Waals surface area contributed by atoms with E-state index < -0.39 is 0 Å². The molecule has 0 amide bonds. The summed E-state index contributed by atoms with van der Waals surface area (Å²) < 4.78 is 22.1. The van der Waals surface area contributed by atoms with Crippen molar-refractivity contribution < 1.29 is 18.9 Å². The van der Waals surface area contributed by atoms with Gasteiger partial charge in [-0.25, -0.2) is 0 Å². The zero-order valence-corrected chi connectivity index (χ0v) is 13.1. The number of hydrogen-bond acceptors (Lipinski definition) is 5. The topological polar surface area (TPSA) is 49.0 Å². The molecular formula is C16H25NO4.